The molecular weight excluding hydrogens is 276 g/mol. The Bertz CT molecular complexity index is 596. The van der Waals surface area contributed by atoms with Crippen molar-refractivity contribution in [2.24, 2.45) is 5.73 Å². The van der Waals surface area contributed by atoms with Gasteiger partial charge in [0.15, 0.2) is 0 Å². The molecule has 0 aliphatic rings. The number of benzene rings is 1. The summed E-state index contributed by atoms with van der Waals surface area (Å²) in [5.41, 5.74) is 8.38. The summed E-state index contributed by atoms with van der Waals surface area (Å²) >= 11 is 0. The normalized spacial score (nSPS) is 10.8. The molecule has 0 atom stereocenters. The fraction of sp³-hybridized carbons (Fsp3) is 0.412. The van der Waals surface area contributed by atoms with Gasteiger partial charge in [0.25, 0.3) is 0 Å². The van der Waals surface area contributed by atoms with E-state index >= 15 is 0 Å². The van der Waals surface area contributed by atoms with E-state index in [9.17, 15) is 0 Å². The summed E-state index contributed by atoms with van der Waals surface area (Å²) in [6, 6.07) is 9.95. The van der Waals surface area contributed by atoms with E-state index in [-0.39, 0.29) is 6.10 Å². The van der Waals surface area contributed by atoms with E-state index in [2.05, 4.69) is 15.3 Å². The van der Waals surface area contributed by atoms with Gasteiger partial charge in [-0.05, 0) is 64.1 Å². The number of nitrogens with two attached hydrogens (primary N) is 1. The predicted molar refractivity (Wildman–Crippen MR) is 90.1 cm³/mol. The lowest BCUT2D eigenvalue weighted by Crippen LogP contribution is -2.11. The second kappa shape index (κ2) is 7.75. The number of nitrogens with zero attached hydrogens (tertiary/aromatic N) is 2. The van der Waals surface area contributed by atoms with Crippen molar-refractivity contribution in [1.29, 1.82) is 0 Å². The van der Waals surface area contributed by atoms with Gasteiger partial charge in [0.2, 0.25) is 5.95 Å². The predicted octanol–water partition coefficient (Wildman–Crippen LogP) is 3.00. The number of nitrogens with one attached hydrogen (secondary N) is 1. The van der Waals surface area contributed by atoms with Crippen LogP contribution in [0.1, 0.15) is 26.0 Å². The number of rotatable bonds is 7. The molecule has 1 aromatic heterocycles. The standard InChI is InChI=1S/C17H24N4O/c1-12(2)22-15-7-5-14(6-8-15)16-11-13(3)20-17(21-16)19-10-4-9-18/h5-8,11-12H,4,9-10,18H2,1-3H3,(H,19,20,21). The summed E-state index contributed by atoms with van der Waals surface area (Å²) in [4.78, 5) is 8.96. The van der Waals surface area contributed by atoms with Crippen molar-refractivity contribution in [3.05, 3.63) is 36.0 Å². The lowest BCUT2D eigenvalue weighted by Gasteiger charge is -2.11. The highest BCUT2D eigenvalue weighted by molar-refractivity contribution is 5.61. The molecule has 2 rings (SSSR count). The molecule has 0 aliphatic heterocycles. The molecule has 0 spiro atoms. The Balaban J connectivity index is 2.16. The van der Waals surface area contributed by atoms with E-state index in [1.807, 2.05) is 51.1 Å². The zero-order valence-corrected chi connectivity index (χ0v) is 13.5. The van der Waals surface area contributed by atoms with Gasteiger partial charge in [0, 0.05) is 17.8 Å². The largest absolute Gasteiger partial charge is 0.491 e. The van der Waals surface area contributed by atoms with Crippen molar-refractivity contribution in [3.63, 3.8) is 0 Å². The van der Waals surface area contributed by atoms with Crippen molar-refractivity contribution in [2.75, 3.05) is 18.4 Å². The molecule has 0 radical (unpaired) electrons. The Morgan fingerprint density at radius 1 is 1.18 bits per heavy atom. The summed E-state index contributed by atoms with van der Waals surface area (Å²) in [5.74, 6) is 1.51. The smallest absolute Gasteiger partial charge is 0.223 e. The molecule has 0 unspecified atom stereocenters. The number of hydrogen-bond donors (Lipinski definition) is 2. The van der Waals surface area contributed by atoms with E-state index < -0.39 is 0 Å². The third-order valence-corrected chi connectivity index (χ3v) is 3.04. The zero-order valence-electron chi connectivity index (χ0n) is 13.5. The van der Waals surface area contributed by atoms with E-state index in [0.717, 1.165) is 35.7 Å². The fourth-order valence-electron chi connectivity index (χ4n) is 2.07. The molecule has 3 N–H and O–H groups in total. The Morgan fingerprint density at radius 3 is 2.55 bits per heavy atom. The lowest BCUT2D eigenvalue weighted by atomic mass is 10.1. The van der Waals surface area contributed by atoms with Crippen LogP contribution in [0, 0.1) is 6.92 Å². The Labute approximate surface area is 131 Å². The molecule has 0 bridgehead atoms. The minimum atomic E-state index is 0.172. The van der Waals surface area contributed by atoms with Crippen LogP contribution in [-0.2, 0) is 0 Å². The van der Waals surface area contributed by atoms with Gasteiger partial charge in [-0.15, -0.1) is 0 Å². The van der Waals surface area contributed by atoms with Gasteiger partial charge in [-0.3, -0.25) is 0 Å². The maximum absolute atomic E-state index is 5.66. The first-order valence-electron chi connectivity index (χ1n) is 7.65. The molecule has 118 valence electrons. The molecule has 0 aliphatic carbocycles. The van der Waals surface area contributed by atoms with Gasteiger partial charge < -0.3 is 15.8 Å². The van der Waals surface area contributed by atoms with E-state index in [4.69, 9.17) is 10.5 Å². The first kappa shape index (κ1) is 16.2. The van der Waals surface area contributed by atoms with Crippen molar-refractivity contribution in [2.45, 2.75) is 33.3 Å². The summed E-state index contributed by atoms with van der Waals surface area (Å²) in [7, 11) is 0. The molecule has 0 amide bonds. The maximum atomic E-state index is 5.66. The molecule has 0 saturated carbocycles. The van der Waals surface area contributed by atoms with Gasteiger partial charge >= 0.3 is 0 Å². The van der Waals surface area contributed by atoms with Crippen LogP contribution in [-0.4, -0.2) is 29.2 Å². The van der Waals surface area contributed by atoms with Crippen molar-refractivity contribution >= 4 is 5.95 Å². The summed E-state index contributed by atoms with van der Waals surface area (Å²) < 4.78 is 5.66. The second-order valence-corrected chi connectivity index (χ2v) is 5.48. The Morgan fingerprint density at radius 2 is 1.91 bits per heavy atom. The lowest BCUT2D eigenvalue weighted by molar-refractivity contribution is 0.242. The second-order valence-electron chi connectivity index (χ2n) is 5.48. The maximum Gasteiger partial charge on any atom is 0.223 e. The quantitative estimate of drug-likeness (QED) is 0.769. The van der Waals surface area contributed by atoms with Crippen molar-refractivity contribution < 1.29 is 4.74 Å². The third-order valence-electron chi connectivity index (χ3n) is 3.04. The molecule has 0 fully saturated rings. The third kappa shape index (κ3) is 4.70. The summed E-state index contributed by atoms with van der Waals surface area (Å²) in [6.45, 7) is 7.43. The van der Waals surface area contributed by atoms with E-state index in [1.165, 1.54) is 0 Å². The Kier molecular flexibility index (Phi) is 5.72. The summed E-state index contributed by atoms with van der Waals surface area (Å²) in [6.07, 6.45) is 1.07. The minimum absolute atomic E-state index is 0.172. The number of ether oxygens (including phenoxy) is 1. The molecule has 2 aromatic rings. The molecule has 5 heteroatoms. The first-order chi connectivity index (χ1) is 10.6. The first-order valence-corrected chi connectivity index (χ1v) is 7.65. The zero-order chi connectivity index (χ0) is 15.9. The van der Waals surface area contributed by atoms with Crippen LogP contribution in [0.3, 0.4) is 0 Å². The monoisotopic (exact) mass is 300 g/mol. The van der Waals surface area contributed by atoms with Gasteiger partial charge in [-0.1, -0.05) is 0 Å². The topological polar surface area (TPSA) is 73.1 Å². The fourth-order valence-corrected chi connectivity index (χ4v) is 2.07. The van der Waals surface area contributed by atoms with Crippen LogP contribution in [0.2, 0.25) is 0 Å². The van der Waals surface area contributed by atoms with Crippen molar-refractivity contribution in [3.8, 4) is 17.0 Å². The van der Waals surface area contributed by atoms with Crippen LogP contribution in [0.5, 0.6) is 5.75 Å². The SMILES string of the molecule is Cc1cc(-c2ccc(OC(C)C)cc2)nc(NCCCN)n1. The number of anilines is 1. The van der Waals surface area contributed by atoms with Crippen molar-refractivity contribution in [1.82, 2.24) is 9.97 Å². The highest BCUT2D eigenvalue weighted by Gasteiger charge is 2.05. The average molecular weight is 300 g/mol. The number of aryl methyl sites for hydroxylation is 1. The number of hydrogen-bond acceptors (Lipinski definition) is 5. The minimum Gasteiger partial charge on any atom is -0.491 e. The van der Waals surface area contributed by atoms with Gasteiger partial charge in [-0.25, -0.2) is 9.97 Å². The molecule has 22 heavy (non-hydrogen) atoms. The van der Waals surface area contributed by atoms with Crippen LogP contribution in [0.15, 0.2) is 30.3 Å². The van der Waals surface area contributed by atoms with Crippen LogP contribution < -0.4 is 15.8 Å². The number of aromatic nitrogens is 2. The van der Waals surface area contributed by atoms with Gasteiger partial charge in [0.1, 0.15) is 5.75 Å². The molecule has 5 nitrogen and oxygen atoms in total. The summed E-state index contributed by atoms with van der Waals surface area (Å²) in [5, 5.41) is 3.21. The Hall–Kier alpha value is -2.14. The molecular formula is C17H24N4O. The molecule has 1 heterocycles. The highest BCUT2D eigenvalue weighted by Crippen LogP contribution is 2.22. The molecule has 1 aromatic carbocycles. The van der Waals surface area contributed by atoms with Crippen LogP contribution in [0.25, 0.3) is 11.3 Å². The van der Waals surface area contributed by atoms with E-state index in [0.29, 0.717) is 12.5 Å². The van der Waals surface area contributed by atoms with E-state index in [1.54, 1.807) is 0 Å². The average Bonchev–Trinajstić information content (AvgIpc) is 2.47. The van der Waals surface area contributed by atoms with Gasteiger partial charge in [-0.2, -0.15) is 0 Å². The highest BCUT2D eigenvalue weighted by atomic mass is 16.5. The molecule has 0 saturated heterocycles. The van der Waals surface area contributed by atoms with Crippen LogP contribution >= 0.6 is 0 Å². The van der Waals surface area contributed by atoms with Crippen LogP contribution in [0.4, 0.5) is 5.95 Å². The van der Waals surface area contributed by atoms with Gasteiger partial charge in [0.05, 0.1) is 11.8 Å².